The molecule has 3 amide bonds. The van der Waals surface area contributed by atoms with E-state index in [-0.39, 0.29) is 18.4 Å². The highest BCUT2D eigenvalue weighted by atomic mass is 32.1. The summed E-state index contributed by atoms with van der Waals surface area (Å²) in [5, 5.41) is 8.46. The second-order valence-corrected chi connectivity index (χ2v) is 7.02. The van der Waals surface area contributed by atoms with Crippen molar-refractivity contribution in [3.8, 4) is 10.6 Å². The number of aromatic nitrogens is 1. The van der Waals surface area contributed by atoms with Gasteiger partial charge in [0.05, 0.1) is 12.1 Å². The molecular weight excluding hydrogens is 360 g/mol. The zero-order chi connectivity index (χ0) is 18.6. The summed E-state index contributed by atoms with van der Waals surface area (Å²) in [6, 6.07) is 17.1. The van der Waals surface area contributed by atoms with Gasteiger partial charge in [0.2, 0.25) is 5.91 Å². The van der Waals surface area contributed by atoms with Gasteiger partial charge in [-0.25, -0.2) is 9.78 Å². The topological polar surface area (TPSA) is 74.3 Å². The number of benzene rings is 2. The Labute approximate surface area is 160 Å². The summed E-state index contributed by atoms with van der Waals surface area (Å²) in [5.41, 5.74) is 3.31. The minimum Gasteiger partial charge on any atom is -0.336 e. The van der Waals surface area contributed by atoms with E-state index < -0.39 is 0 Å². The fraction of sp³-hybridized carbons (Fsp3) is 0.150. The van der Waals surface area contributed by atoms with Crippen LogP contribution in [0.5, 0.6) is 0 Å². The van der Waals surface area contributed by atoms with Gasteiger partial charge in [0.1, 0.15) is 5.01 Å². The van der Waals surface area contributed by atoms with E-state index in [2.05, 4.69) is 15.6 Å². The average molecular weight is 378 g/mol. The van der Waals surface area contributed by atoms with Crippen molar-refractivity contribution in [1.29, 1.82) is 0 Å². The molecule has 1 aromatic heterocycles. The zero-order valence-corrected chi connectivity index (χ0v) is 15.3. The molecule has 27 heavy (non-hydrogen) atoms. The molecule has 0 spiro atoms. The molecule has 2 N–H and O–H groups in total. The van der Waals surface area contributed by atoms with Crippen LogP contribution in [0.4, 0.5) is 16.2 Å². The fourth-order valence-electron chi connectivity index (χ4n) is 2.91. The molecule has 4 rings (SSSR count). The highest BCUT2D eigenvalue weighted by molar-refractivity contribution is 7.13. The Balaban J connectivity index is 1.37. The third kappa shape index (κ3) is 3.98. The maximum atomic E-state index is 12.3. The van der Waals surface area contributed by atoms with Crippen LogP contribution in [0.1, 0.15) is 5.69 Å². The van der Waals surface area contributed by atoms with Crippen molar-refractivity contribution in [1.82, 2.24) is 10.3 Å². The molecule has 6 nitrogen and oxygen atoms in total. The SMILES string of the molecule is O=C(Cc1csc(-c2ccccc2)n1)Nc1ccc(N2CCNC2=O)cc1. The molecule has 2 aromatic carbocycles. The Hall–Kier alpha value is -3.19. The molecule has 0 radical (unpaired) electrons. The first-order chi connectivity index (χ1) is 13.2. The van der Waals surface area contributed by atoms with E-state index >= 15 is 0 Å². The van der Waals surface area contributed by atoms with Crippen molar-refractivity contribution in [2.45, 2.75) is 6.42 Å². The monoisotopic (exact) mass is 378 g/mol. The van der Waals surface area contributed by atoms with E-state index in [0.29, 0.717) is 18.8 Å². The molecule has 3 aromatic rings. The number of hydrogen-bond donors (Lipinski definition) is 2. The molecule has 0 atom stereocenters. The molecule has 1 aliphatic rings. The molecule has 0 saturated carbocycles. The number of nitrogens with one attached hydrogen (secondary N) is 2. The third-order valence-electron chi connectivity index (χ3n) is 4.23. The Morgan fingerprint density at radius 3 is 2.63 bits per heavy atom. The van der Waals surface area contributed by atoms with Gasteiger partial charge in [0.15, 0.2) is 0 Å². The van der Waals surface area contributed by atoms with Gasteiger partial charge in [0, 0.05) is 35.4 Å². The lowest BCUT2D eigenvalue weighted by Gasteiger charge is -2.14. The quantitative estimate of drug-likeness (QED) is 0.713. The highest BCUT2D eigenvalue weighted by Gasteiger charge is 2.20. The number of thiazole rings is 1. The standard InChI is InChI=1S/C20H18N4O2S/c25-18(12-16-13-27-19(23-16)14-4-2-1-3-5-14)22-15-6-8-17(9-7-15)24-11-10-21-20(24)26/h1-9,13H,10-12H2,(H,21,26)(H,22,25). The number of hydrogen-bond acceptors (Lipinski definition) is 4. The lowest BCUT2D eigenvalue weighted by molar-refractivity contribution is -0.115. The number of carbonyl (C=O) groups excluding carboxylic acids is 2. The molecular formula is C20H18N4O2S. The molecule has 1 aliphatic heterocycles. The Morgan fingerprint density at radius 1 is 1.15 bits per heavy atom. The molecule has 0 unspecified atom stereocenters. The minimum atomic E-state index is -0.119. The predicted molar refractivity (Wildman–Crippen MR) is 107 cm³/mol. The number of rotatable bonds is 5. The largest absolute Gasteiger partial charge is 0.336 e. The summed E-state index contributed by atoms with van der Waals surface area (Å²) in [6.07, 6.45) is 0.222. The molecule has 1 saturated heterocycles. The molecule has 136 valence electrons. The van der Waals surface area contributed by atoms with Crippen molar-refractivity contribution in [2.24, 2.45) is 0 Å². The number of amides is 3. The molecule has 2 heterocycles. The predicted octanol–water partition coefficient (Wildman–Crippen LogP) is 3.52. The van der Waals surface area contributed by atoms with E-state index in [4.69, 9.17) is 0 Å². The van der Waals surface area contributed by atoms with E-state index in [1.807, 2.05) is 47.8 Å². The fourth-order valence-corrected chi connectivity index (χ4v) is 3.74. The van der Waals surface area contributed by atoms with E-state index in [1.54, 1.807) is 17.0 Å². The molecule has 7 heteroatoms. The van der Waals surface area contributed by atoms with E-state index in [1.165, 1.54) is 11.3 Å². The van der Waals surface area contributed by atoms with Crippen molar-refractivity contribution in [2.75, 3.05) is 23.3 Å². The summed E-state index contributed by atoms with van der Waals surface area (Å²) in [6.45, 7) is 1.30. The zero-order valence-electron chi connectivity index (χ0n) is 14.5. The lowest BCUT2D eigenvalue weighted by atomic mass is 10.2. The first-order valence-corrected chi connectivity index (χ1v) is 9.52. The Morgan fingerprint density at radius 2 is 1.93 bits per heavy atom. The van der Waals surface area contributed by atoms with Gasteiger partial charge in [-0.3, -0.25) is 9.69 Å². The third-order valence-corrected chi connectivity index (χ3v) is 5.17. The maximum Gasteiger partial charge on any atom is 0.321 e. The van der Waals surface area contributed by atoms with Gasteiger partial charge in [-0.05, 0) is 24.3 Å². The Bertz CT molecular complexity index is 954. The highest BCUT2D eigenvalue weighted by Crippen LogP contribution is 2.24. The Kier molecular flexibility index (Phi) is 4.84. The lowest BCUT2D eigenvalue weighted by Crippen LogP contribution is -2.27. The van der Waals surface area contributed by atoms with Gasteiger partial charge in [-0.2, -0.15) is 0 Å². The van der Waals surface area contributed by atoms with Crippen LogP contribution in [-0.4, -0.2) is 30.0 Å². The summed E-state index contributed by atoms with van der Waals surface area (Å²) < 4.78 is 0. The van der Waals surface area contributed by atoms with Crippen molar-refractivity contribution in [3.63, 3.8) is 0 Å². The van der Waals surface area contributed by atoms with Crippen LogP contribution in [0.15, 0.2) is 60.0 Å². The minimum absolute atomic E-state index is 0.0930. The summed E-state index contributed by atoms with van der Waals surface area (Å²) in [4.78, 5) is 30.2. The van der Waals surface area contributed by atoms with Gasteiger partial charge in [0.25, 0.3) is 0 Å². The van der Waals surface area contributed by atoms with Gasteiger partial charge >= 0.3 is 6.03 Å². The molecule has 0 aliphatic carbocycles. The average Bonchev–Trinajstić information content (AvgIpc) is 3.32. The number of carbonyl (C=O) groups is 2. The second-order valence-electron chi connectivity index (χ2n) is 6.17. The van der Waals surface area contributed by atoms with Crippen LogP contribution >= 0.6 is 11.3 Å². The van der Waals surface area contributed by atoms with Crippen LogP contribution in [-0.2, 0) is 11.2 Å². The normalized spacial score (nSPS) is 13.5. The van der Waals surface area contributed by atoms with Crippen molar-refractivity contribution in [3.05, 3.63) is 65.7 Å². The summed E-state index contributed by atoms with van der Waals surface area (Å²) in [5.74, 6) is -0.119. The van der Waals surface area contributed by atoms with Crippen LogP contribution < -0.4 is 15.5 Å². The van der Waals surface area contributed by atoms with Crippen molar-refractivity contribution < 1.29 is 9.59 Å². The smallest absolute Gasteiger partial charge is 0.321 e. The molecule has 1 fully saturated rings. The van der Waals surface area contributed by atoms with E-state index in [9.17, 15) is 9.59 Å². The van der Waals surface area contributed by atoms with Crippen LogP contribution in [0.25, 0.3) is 10.6 Å². The number of nitrogens with zero attached hydrogens (tertiary/aromatic N) is 2. The number of urea groups is 1. The van der Waals surface area contributed by atoms with E-state index in [0.717, 1.165) is 22.0 Å². The first kappa shape index (κ1) is 17.2. The molecule has 0 bridgehead atoms. The van der Waals surface area contributed by atoms with Crippen LogP contribution in [0.3, 0.4) is 0 Å². The van der Waals surface area contributed by atoms with Crippen molar-refractivity contribution >= 4 is 34.6 Å². The van der Waals surface area contributed by atoms with Crippen LogP contribution in [0.2, 0.25) is 0 Å². The summed E-state index contributed by atoms with van der Waals surface area (Å²) in [7, 11) is 0. The summed E-state index contributed by atoms with van der Waals surface area (Å²) >= 11 is 1.53. The number of anilines is 2. The first-order valence-electron chi connectivity index (χ1n) is 8.64. The van der Waals surface area contributed by atoms with Gasteiger partial charge in [-0.1, -0.05) is 30.3 Å². The van der Waals surface area contributed by atoms with Gasteiger partial charge in [-0.15, -0.1) is 11.3 Å². The second kappa shape index (κ2) is 7.59. The van der Waals surface area contributed by atoms with Gasteiger partial charge < -0.3 is 10.6 Å². The maximum absolute atomic E-state index is 12.3. The van der Waals surface area contributed by atoms with Crippen LogP contribution in [0, 0.1) is 0 Å².